The molecule has 0 spiro atoms. The van der Waals surface area contributed by atoms with Crippen LogP contribution in [0.5, 0.6) is 0 Å². The van der Waals surface area contributed by atoms with Crippen molar-refractivity contribution >= 4 is 0 Å². The smallest absolute Gasteiger partial charge is 0.00652 e. The number of hydrogen-bond acceptors (Lipinski definition) is 1. The minimum absolute atomic E-state index is 0. The second-order valence-electron chi connectivity index (χ2n) is 2.72. The van der Waals surface area contributed by atoms with Gasteiger partial charge in [-0.15, -0.1) is 0 Å². The Labute approximate surface area is 77.9 Å². The summed E-state index contributed by atoms with van der Waals surface area (Å²) in [6.45, 7) is 0. The third-order valence-corrected chi connectivity index (χ3v) is 1.65. The summed E-state index contributed by atoms with van der Waals surface area (Å²) in [5, 5.41) is 3.14. The minimum Gasteiger partial charge on any atom is -0.317 e. The summed E-state index contributed by atoms with van der Waals surface area (Å²) < 4.78 is 0. The highest BCUT2D eigenvalue weighted by atomic mass is 19.0. The Kier molecular flexibility index (Phi) is 10.2. The largest absolute Gasteiger partial charge is 0.317 e. The lowest BCUT2D eigenvalue weighted by molar-refractivity contribution is 0.811. The molecule has 0 atom stereocenters. The Bertz CT molecular complexity index is 149. The van der Waals surface area contributed by atoms with Crippen molar-refractivity contribution in [2.24, 2.45) is 0 Å². The average Bonchev–Trinajstić information content (AvgIpc) is 2.91. The second kappa shape index (κ2) is 9.13. The van der Waals surface area contributed by atoms with Crippen LogP contribution in [0.15, 0.2) is 36.4 Å². The molecule has 0 unspecified atom stereocenters. The van der Waals surface area contributed by atoms with Crippen molar-refractivity contribution in [3.05, 3.63) is 36.4 Å². The van der Waals surface area contributed by atoms with Gasteiger partial charge >= 0.3 is 0 Å². The fourth-order valence-electron chi connectivity index (χ4n) is 0.757. The van der Waals surface area contributed by atoms with E-state index in [0.717, 1.165) is 6.04 Å². The zero-order chi connectivity index (χ0) is 7.94. The molecule has 76 valence electrons. The van der Waals surface area contributed by atoms with Crippen LogP contribution in [0.2, 0.25) is 0 Å². The molecular formula is C10H17F2N. The molecule has 1 nitrogen and oxygen atoms in total. The first-order chi connectivity index (χ1) is 5.43. The zero-order valence-electron chi connectivity index (χ0n) is 7.77. The van der Waals surface area contributed by atoms with Gasteiger partial charge in [0.1, 0.15) is 0 Å². The van der Waals surface area contributed by atoms with Gasteiger partial charge in [0.05, 0.1) is 0 Å². The Hall–Kier alpha value is -0.960. The van der Waals surface area contributed by atoms with Gasteiger partial charge in [-0.25, -0.2) is 0 Å². The van der Waals surface area contributed by atoms with E-state index in [9.17, 15) is 0 Å². The van der Waals surface area contributed by atoms with Crippen molar-refractivity contribution in [2.75, 3.05) is 7.05 Å². The highest BCUT2D eigenvalue weighted by molar-refractivity contribution is 4.99. The van der Waals surface area contributed by atoms with E-state index in [0.29, 0.717) is 0 Å². The molecule has 0 heterocycles. The maximum Gasteiger partial charge on any atom is 0.00652 e. The molecule has 0 amide bonds. The molecule has 0 saturated heterocycles. The van der Waals surface area contributed by atoms with Crippen molar-refractivity contribution in [1.29, 1.82) is 0 Å². The molecule has 1 N–H and O–H groups in total. The molecule has 3 heteroatoms. The van der Waals surface area contributed by atoms with Crippen LogP contribution in [0.4, 0.5) is 9.41 Å². The summed E-state index contributed by atoms with van der Waals surface area (Å²) in [6.07, 6.45) is 2.80. The van der Waals surface area contributed by atoms with Gasteiger partial charge in [-0.2, -0.15) is 0 Å². The van der Waals surface area contributed by atoms with Gasteiger partial charge in [0, 0.05) is 6.04 Å². The number of nitrogens with one attached hydrogen (secondary N) is 1. The van der Waals surface area contributed by atoms with E-state index in [4.69, 9.17) is 0 Å². The predicted molar refractivity (Wildman–Crippen MR) is 53.5 cm³/mol. The van der Waals surface area contributed by atoms with Crippen molar-refractivity contribution < 1.29 is 9.41 Å². The first-order valence-corrected chi connectivity index (χ1v) is 4.11. The maximum atomic E-state index is 3.14. The van der Waals surface area contributed by atoms with Crippen molar-refractivity contribution in [2.45, 2.75) is 18.9 Å². The maximum absolute atomic E-state index is 3.14. The average molecular weight is 189 g/mol. The Morgan fingerprint density at radius 3 is 1.23 bits per heavy atom. The SMILES string of the molecule is CNC1CC1.F.F.c1ccccc1. The molecule has 0 aliphatic heterocycles. The highest BCUT2D eigenvalue weighted by Gasteiger charge is 2.17. The van der Waals surface area contributed by atoms with Crippen molar-refractivity contribution in [3.8, 4) is 0 Å². The van der Waals surface area contributed by atoms with Gasteiger partial charge < -0.3 is 5.32 Å². The van der Waals surface area contributed by atoms with E-state index in [1.54, 1.807) is 0 Å². The number of benzene rings is 1. The fourth-order valence-corrected chi connectivity index (χ4v) is 0.757. The summed E-state index contributed by atoms with van der Waals surface area (Å²) >= 11 is 0. The molecule has 1 aliphatic rings. The first-order valence-electron chi connectivity index (χ1n) is 4.11. The number of halogens is 2. The van der Waals surface area contributed by atoms with Crippen molar-refractivity contribution in [3.63, 3.8) is 0 Å². The van der Waals surface area contributed by atoms with Gasteiger partial charge in [0.25, 0.3) is 0 Å². The van der Waals surface area contributed by atoms with E-state index in [1.165, 1.54) is 12.8 Å². The van der Waals surface area contributed by atoms with Crippen LogP contribution in [0.1, 0.15) is 12.8 Å². The summed E-state index contributed by atoms with van der Waals surface area (Å²) in [5.74, 6) is 0. The van der Waals surface area contributed by atoms with Crippen LogP contribution in [-0.2, 0) is 0 Å². The van der Waals surface area contributed by atoms with E-state index in [-0.39, 0.29) is 9.41 Å². The third-order valence-electron chi connectivity index (χ3n) is 1.65. The van der Waals surface area contributed by atoms with Gasteiger partial charge in [-0.05, 0) is 19.9 Å². The number of hydrogen-bond donors (Lipinski definition) is 1. The van der Waals surface area contributed by atoms with Crippen LogP contribution >= 0.6 is 0 Å². The number of rotatable bonds is 1. The Balaban J connectivity index is 0. The fraction of sp³-hybridized carbons (Fsp3) is 0.400. The normalized spacial score (nSPS) is 12.7. The van der Waals surface area contributed by atoms with Crippen LogP contribution in [0, 0.1) is 0 Å². The molecule has 1 aliphatic carbocycles. The third kappa shape index (κ3) is 8.95. The highest BCUT2D eigenvalue weighted by Crippen LogP contribution is 2.16. The summed E-state index contributed by atoms with van der Waals surface area (Å²) in [5.41, 5.74) is 0. The summed E-state index contributed by atoms with van der Waals surface area (Å²) in [7, 11) is 2.01. The Morgan fingerprint density at radius 1 is 0.846 bits per heavy atom. The van der Waals surface area contributed by atoms with E-state index < -0.39 is 0 Å². The quantitative estimate of drug-likeness (QED) is 0.715. The molecule has 13 heavy (non-hydrogen) atoms. The van der Waals surface area contributed by atoms with E-state index >= 15 is 0 Å². The van der Waals surface area contributed by atoms with Gasteiger partial charge in [0.15, 0.2) is 0 Å². The molecule has 1 fully saturated rings. The van der Waals surface area contributed by atoms with Crippen LogP contribution in [0.25, 0.3) is 0 Å². The van der Waals surface area contributed by atoms with Crippen molar-refractivity contribution in [1.82, 2.24) is 5.32 Å². The standard InChI is InChI=1S/C6H6.C4H9N.2FH/c1-2-4-6-5-3-1;1-5-4-2-3-4;;/h1-6H;4-5H,2-3H2,1H3;2*1H. The molecule has 1 aromatic rings. The van der Waals surface area contributed by atoms with Crippen LogP contribution in [0.3, 0.4) is 0 Å². The molecule has 2 rings (SSSR count). The predicted octanol–water partition coefficient (Wildman–Crippen LogP) is 2.36. The van der Waals surface area contributed by atoms with Crippen LogP contribution < -0.4 is 5.32 Å². The van der Waals surface area contributed by atoms with Gasteiger partial charge in [-0.1, -0.05) is 36.4 Å². The second-order valence-corrected chi connectivity index (χ2v) is 2.72. The molecule has 1 saturated carbocycles. The topological polar surface area (TPSA) is 12.0 Å². The van der Waals surface area contributed by atoms with Crippen LogP contribution in [-0.4, -0.2) is 13.1 Å². The van der Waals surface area contributed by atoms with E-state index in [1.807, 2.05) is 43.4 Å². The summed E-state index contributed by atoms with van der Waals surface area (Å²) in [6, 6.07) is 12.9. The lowest BCUT2D eigenvalue weighted by atomic mass is 10.4. The van der Waals surface area contributed by atoms with Gasteiger partial charge in [0.2, 0.25) is 0 Å². The molecule has 0 radical (unpaired) electrons. The monoisotopic (exact) mass is 189 g/mol. The first kappa shape index (κ1) is 14.6. The molecule has 0 bridgehead atoms. The zero-order valence-corrected chi connectivity index (χ0v) is 7.77. The molecule has 1 aromatic carbocycles. The summed E-state index contributed by atoms with van der Waals surface area (Å²) in [4.78, 5) is 0. The molecular weight excluding hydrogens is 172 g/mol. The van der Waals surface area contributed by atoms with Gasteiger partial charge in [-0.3, -0.25) is 9.41 Å². The van der Waals surface area contributed by atoms with E-state index in [2.05, 4.69) is 5.32 Å². The minimum atomic E-state index is 0. The lowest BCUT2D eigenvalue weighted by Gasteiger charge is -1.80. The molecule has 0 aromatic heterocycles. The lowest BCUT2D eigenvalue weighted by Crippen LogP contribution is -2.06. The Morgan fingerprint density at radius 2 is 1.15 bits per heavy atom.